The molecule has 1 unspecified atom stereocenters. The van der Waals surface area contributed by atoms with Crippen LogP contribution in [0.4, 0.5) is 0 Å². The molecule has 194 valence electrons. The van der Waals surface area contributed by atoms with Gasteiger partial charge in [-0.05, 0) is 11.1 Å². The number of aromatic amines is 1. The summed E-state index contributed by atoms with van der Waals surface area (Å²) in [7, 11) is 0. The number of amides is 3. The van der Waals surface area contributed by atoms with Crippen LogP contribution in [0.3, 0.4) is 0 Å². The molecule has 0 aliphatic carbocycles. The standard InChI is InChI=1S/C27H32N6O4/c28-22(12-20-14-30-17-31-20)26(35)32-23(11-18-7-3-1-4-8-18)27(36)33-15-21(13-24(33)25(29)34)37-16-19-9-5-2-6-10-19/h1-10,14,17,21-24H,11-13,15-16,28H2,(H2,29,34)(H,30,31)(H,32,35)/t21?,22-,23-,24-/m0/s1. The van der Waals surface area contributed by atoms with E-state index in [0.717, 1.165) is 11.1 Å². The second-order valence-corrected chi connectivity index (χ2v) is 9.20. The maximum Gasteiger partial charge on any atom is 0.246 e. The summed E-state index contributed by atoms with van der Waals surface area (Å²) in [6.07, 6.45) is 3.50. The Kier molecular flexibility index (Phi) is 8.65. The Morgan fingerprint density at radius 2 is 1.73 bits per heavy atom. The van der Waals surface area contributed by atoms with Crippen molar-refractivity contribution >= 4 is 17.7 Å². The number of hydrogen-bond acceptors (Lipinski definition) is 6. The quantitative estimate of drug-likeness (QED) is 0.301. The van der Waals surface area contributed by atoms with Crippen LogP contribution in [0.15, 0.2) is 73.2 Å². The van der Waals surface area contributed by atoms with E-state index < -0.39 is 35.8 Å². The second-order valence-electron chi connectivity index (χ2n) is 9.20. The predicted octanol–water partition coefficient (Wildman–Crippen LogP) is 0.679. The monoisotopic (exact) mass is 504 g/mol. The van der Waals surface area contributed by atoms with Crippen molar-refractivity contribution in [2.24, 2.45) is 11.5 Å². The van der Waals surface area contributed by atoms with Gasteiger partial charge in [-0.2, -0.15) is 0 Å². The number of carbonyl (C=O) groups excluding carboxylic acids is 3. The Labute approximate surface area is 215 Å². The number of nitrogens with one attached hydrogen (secondary N) is 2. The number of carbonyl (C=O) groups is 3. The molecule has 0 radical (unpaired) electrons. The summed E-state index contributed by atoms with van der Waals surface area (Å²) in [5.41, 5.74) is 14.3. The topological polar surface area (TPSA) is 156 Å². The van der Waals surface area contributed by atoms with Gasteiger partial charge in [0.25, 0.3) is 0 Å². The van der Waals surface area contributed by atoms with E-state index >= 15 is 0 Å². The summed E-state index contributed by atoms with van der Waals surface area (Å²) < 4.78 is 6.01. The molecule has 1 aromatic heterocycles. The van der Waals surface area contributed by atoms with Crippen molar-refractivity contribution in [1.82, 2.24) is 20.2 Å². The van der Waals surface area contributed by atoms with Gasteiger partial charge in [-0.3, -0.25) is 14.4 Å². The van der Waals surface area contributed by atoms with Gasteiger partial charge in [-0.1, -0.05) is 60.7 Å². The average Bonchev–Trinajstić information content (AvgIpc) is 3.58. The molecule has 4 rings (SSSR count). The van der Waals surface area contributed by atoms with Crippen molar-refractivity contribution in [3.63, 3.8) is 0 Å². The fraction of sp³-hybridized carbons (Fsp3) is 0.333. The van der Waals surface area contributed by atoms with E-state index in [4.69, 9.17) is 16.2 Å². The molecule has 37 heavy (non-hydrogen) atoms. The SMILES string of the molecule is NC(=O)[C@@H]1CC(OCc2ccccc2)CN1C(=O)[C@H](Cc1ccccc1)NC(=O)[C@@H](N)Cc1cnc[nH]1. The maximum absolute atomic E-state index is 13.8. The molecule has 1 saturated heterocycles. The molecule has 6 N–H and O–H groups in total. The third-order valence-electron chi connectivity index (χ3n) is 6.43. The predicted molar refractivity (Wildman–Crippen MR) is 137 cm³/mol. The molecular formula is C27H32N6O4. The Bertz CT molecular complexity index is 1170. The van der Waals surface area contributed by atoms with Crippen molar-refractivity contribution in [2.45, 2.75) is 50.1 Å². The van der Waals surface area contributed by atoms with Gasteiger partial charge < -0.3 is 31.4 Å². The molecule has 1 fully saturated rings. The highest BCUT2D eigenvalue weighted by Crippen LogP contribution is 2.23. The van der Waals surface area contributed by atoms with Gasteiger partial charge in [0, 0.05) is 37.7 Å². The van der Waals surface area contributed by atoms with E-state index in [1.54, 1.807) is 6.20 Å². The van der Waals surface area contributed by atoms with E-state index in [0.29, 0.717) is 18.7 Å². The van der Waals surface area contributed by atoms with Crippen LogP contribution in [0.2, 0.25) is 0 Å². The summed E-state index contributed by atoms with van der Waals surface area (Å²) in [6.45, 7) is 0.548. The maximum atomic E-state index is 13.8. The fourth-order valence-corrected chi connectivity index (χ4v) is 4.47. The third-order valence-corrected chi connectivity index (χ3v) is 6.43. The van der Waals surface area contributed by atoms with Gasteiger partial charge in [0.15, 0.2) is 0 Å². The van der Waals surface area contributed by atoms with Crippen LogP contribution in [-0.2, 0) is 38.6 Å². The number of nitrogens with two attached hydrogens (primary N) is 2. The molecule has 4 atom stereocenters. The highest BCUT2D eigenvalue weighted by molar-refractivity contribution is 5.93. The van der Waals surface area contributed by atoms with Crippen LogP contribution in [0.25, 0.3) is 0 Å². The number of nitrogens with zero attached hydrogens (tertiary/aromatic N) is 2. The summed E-state index contributed by atoms with van der Waals surface area (Å²) in [6, 6.07) is 16.3. The van der Waals surface area contributed by atoms with Crippen LogP contribution < -0.4 is 16.8 Å². The van der Waals surface area contributed by atoms with Gasteiger partial charge in [-0.15, -0.1) is 0 Å². The lowest BCUT2D eigenvalue weighted by atomic mass is 10.0. The zero-order valence-corrected chi connectivity index (χ0v) is 20.5. The van der Waals surface area contributed by atoms with Crippen molar-refractivity contribution in [3.8, 4) is 0 Å². The molecule has 0 spiro atoms. The third kappa shape index (κ3) is 7.02. The average molecular weight is 505 g/mol. The van der Waals surface area contributed by atoms with Crippen molar-refractivity contribution in [1.29, 1.82) is 0 Å². The molecule has 0 saturated carbocycles. The van der Waals surface area contributed by atoms with E-state index in [1.165, 1.54) is 11.2 Å². The number of primary amides is 1. The Balaban J connectivity index is 1.47. The van der Waals surface area contributed by atoms with Crippen molar-refractivity contribution < 1.29 is 19.1 Å². The minimum Gasteiger partial charge on any atom is -0.372 e. The Hall–Kier alpha value is -4.02. The van der Waals surface area contributed by atoms with E-state index in [9.17, 15) is 14.4 Å². The minimum absolute atomic E-state index is 0.195. The first-order chi connectivity index (χ1) is 17.9. The van der Waals surface area contributed by atoms with Gasteiger partial charge in [0.1, 0.15) is 12.1 Å². The highest BCUT2D eigenvalue weighted by Gasteiger charge is 2.42. The minimum atomic E-state index is -0.933. The Morgan fingerprint density at radius 3 is 2.35 bits per heavy atom. The van der Waals surface area contributed by atoms with Crippen LogP contribution in [-0.4, -0.2) is 63.4 Å². The lowest BCUT2D eigenvalue weighted by Crippen LogP contribution is -2.56. The van der Waals surface area contributed by atoms with Crippen molar-refractivity contribution in [2.75, 3.05) is 6.54 Å². The summed E-state index contributed by atoms with van der Waals surface area (Å²) in [5, 5.41) is 2.80. The molecule has 1 aliphatic heterocycles. The van der Waals surface area contributed by atoms with Crippen LogP contribution in [0, 0.1) is 0 Å². The van der Waals surface area contributed by atoms with Crippen LogP contribution in [0.1, 0.15) is 23.2 Å². The number of hydrogen-bond donors (Lipinski definition) is 4. The zero-order valence-electron chi connectivity index (χ0n) is 20.5. The molecule has 10 nitrogen and oxygen atoms in total. The number of aromatic nitrogens is 2. The molecule has 3 amide bonds. The summed E-state index contributed by atoms with van der Waals surface area (Å²) in [4.78, 5) is 47.3. The largest absolute Gasteiger partial charge is 0.372 e. The van der Waals surface area contributed by atoms with E-state index in [-0.39, 0.29) is 25.5 Å². The molecule has 10 heteroatoms. The molecule has 0 bridgehead atoms. The smallest absolute Gasteiger partial charge is 0.246 e. The van der Waals surface area contributed by atoms with E-state index in [1.807, 2.05) is 60.7 Å². The lowest BCUT2D eigenvalue weighted by molar-refractivity contribution is -0.141. The first-order valence-electron chi connectivity index (χ1n) is 12.2. The number of likely N-dealkylation sites (tertiary alicyclic amines) is 1. The number of rotatable bonds is 11. The molecule has 2 heterocycles. The normalized spacial score (nSPS) is 18.8. The number of benzene rings is 2. The highest BCUT2D eigenvalue weighted by atomic mass is 16.5. The van der Waals surface area contributed by atoms with E-state index in [2.05, 4.69) is 15.3 Å². The molecule has 3 aromatic rings. The fourth-order valence-electron chi connectivity index (χ4n) is 4.47. The van der Waals surface area contributed by atoms with Gasteiger partial charge >= 0.3 is 0 Å². The number of H-pyrrole nitrogens is 1. The second kappa shape index (κ2) is 12.3. The summed E-state index contributed by atoms with van der Waals surface area (Å²) in [5.74, 6) is -1.49. The first kappa shape index (κ1) is 26.1. The summed E-state index contributed by atoms with van der Waals surface area (Å²) >= 11 is 0. The number of imidazole rings is 1. The van der Waals surface area contributed by atoms with Gasteiger partial charge in [-0.25, -0.2) is 4.98 Å². The van der Waals surface area contributed by atoms with Crippen LogP contribution in [0.5, 0.6) is 0 Å². The number of ether oxygens (including phenoxy) is 1. The van der Waals surface area contributed by atoms with Crippen LogP contribution >= 0.6 is 0 Å². The molecule has 1 aliphatic rings. The lowest BCUT2D eigenvalue weighted by Gasteiger charge is -2.28. The first-order valence-corrected chi connectivity index (χ1v) is 12.2. The molecule has 2 aromatic carbocycles. The molecular weight excluding hydrogens is 472 g/mol. The van der Waals surface area contributed by atoms with Gasteiger partial charge in [0.05, 0.1) is 25.1 Å². The zero-order chi connectivity index (χ0) is 26.2. The van der Waals surface area contributed by atoms with Gasteiger partial charge in [0.2, 0.25) is 17.7 Å². The Morgan fingerprint density at radius 1 is 1.05 bits per heavy atom. The van der Waals surface area contributed by atoms with Crippen molar-refractivity contribution in [3.05, 3.63) is 90.0 Å².